The quantitative estimate of drug-likeness (QED) is 0.813. The number of benzene rings is 1. The summed E-state index contributed by atoms with van der Waals surface area (Å²) in [6, 6.07) is 8.30. The van der Waals surface area contributed by atoms with Gasteiger partial charge in [0.1, 0.15) is 4.21 Å². The van der Waals surface area contributed by atoms with Gasteiger partial charge < -0.3 is 14.8 Å². The van der Waals surface area contributed by atoms with Crippen LogP contribution in [0.4, 0.5) is 5.69 Å². The summed E-state index contributed by atoms with van der Waals surface area (Å²) in [6.07, 6.45) is 3.85. The van der Waals surface area contributed by atoms with Crippen molar-refractivity contribution in [2.45, 2.75) is 35.7 Å². The van der Waals surface area contributed by atoms with Crippen LogP contribution in [-0.2, 0) is 14.8 Å². The third kappa shape index (κ3) is 3.42. The molecular weight excluding hydrogens is 376 g/mol. The average Bonchev–Trinajstić information content (AvgIpc) is 3.34. The lowest BCUT2D eigenvalue weighted by Gasteiger charge is -2.21. The van der Waals surface area contributed by atoms with E-state index in [1.807, 2.05) is 0 Å². The number of carbonyl (C=O) groups is 1. The number of thiophene rings is 1. The van der Waals surface area contributed by atoms with Gasteiger partial charge in [-0.3, -0.25) is 4.79 Å². The summed E-state index contributed by atoms with van der Waals surface area (Å²) >= 11 is 1.10. The van der Waals surface area contributed by atoms with Gasteiger partial charge in [-0.1, -0.05) is 6.07 Å². The molecule has 1 amide bonds. The van der Waals surface area contributed by atoms with E-state index in [0.717, 1.165) is 37.0 Å². The predicted molar refractivity (Wildman–Crippen MR) is 97.0 cm³/mol. The molecule has 2 N–H and O–H groups in total. The Hall–Kier alpha value is -2.10. The molecule has 2 aromatic rings. The maximum atomic E-state index is 12.1. The SMILES string of the molecule is O=C(CNS(=O)(=O)c1cccs1)Nc1ccc2c(c1)OC1(CCCC1)O2. The van der Waals surface area contributed by atoms with Crippen LogP contribution in [-0.4, -0.2) is 26.7 Å². The smallest absolute Gasteiger partial charge is 0.251 e. The molecular formula is C17H18N2O5S2. The van der Waals surface area contributed by atoms with Gasteiger partial charge in [0.05, 0.1) is 6.54 Å². The average molecular weight is 394 g/mol. The highest BCUT2D eigenvalue weighted by Crippen LogP contribution is 2.47. The molecule has 1 aromatic carbocycles. The lowest BCUT2D eigenvalue weighted by atomic mass is 10.2. The molecule has 1 saturated carbocycles. The zero-order valence-corrected chi connectivity index (χ0v) is 15.5. The van der Waals surface area contributed by atoms with Crippen molar-refractivity contribution >= 4 is 33.0 Å². The highest BCUT2D eigenvalue weighted by atomic mass is 32.2. The number of hydrogen-bond donors (Lipinski definition) is 2. The van der Waals surface area contributed by atoms with E-state index >= 15 is 0 Å². The van der Waals surface area contributed by atoms with E-state index in [4.69, 9.17) is 9.47 Å². The van der Waals surface area contributed by atoms with Gasteiger partial charge in [-0.05, 0) is 36.4 Å². The van der Waals surface area contributed by atoms with Crippen LogP contribution in [0.3, 0.4) is 0 Å². The lowest BCUT2D eigenvalue weighted by molar-refractivity contribution is -0.115. The largest absolute Gasteiger partial charge is 0.448 e. The highest BCUT2D eigenvalue weighted by Gasteiger charge is 2.44. The number of nitrogens with one attached hydrogen (secondary N) is 2. The van der Waals surface area contributed by atoms with Gasteiger partial charge in [0.25, 0.3) is 15.8 Å². The number of amides is 1. The summed E-state index contributed by atoms with van der Waals surface area (Å²) < 4.78 is 38.4. The Morgan fingerprint density at radius 1 is 1.15 bits per heavy atom. The fourth-order valence-corrected chi connectivity index (χ4v) is 5.16. The Morgan fingerprint density at radius 2 is 1.92 bits per heavy atom. The van der Waals surface area contributed by atoms with Crippen molar-refractivity contribution < 1.29 is 22.7 Å². The summed E-state index contributed by atoms with van der Waals surface area (Å²) in [5.74, 6) is 0.258. The Bertz CT molecular complexity index is 919. The van der Waals surface area contributed by atoms with Crippen LogP contribution < -0.4 is 19.5 Å². The lowest BCUT2D eigenvalue weighted by Crippen LogP contribution is -2.34. The van der Waals surface area contributed by atoms with Crippen molar-refractivity contribution in [2.24, 2.45) is 0 Å². The maximum Gasteiger partial charge on any atom is 0.251 e. The summed E-state index contributed by atoms with van der Waals surface area (Å²) in [5, 5.41) is 4.34. The van der Waals surface area contributed by atoms with Crippen LogP contribution in [0.1, 0.15) is 25.7 Å². The first-order valence-electron chi connectivity index (χ1n) is 8.31. The molecule has 1 aromatic heterocycles. The van der Waals surface area contributed by atoms with Crippen LogP contribution in [0, 0.1) is 0 Å². The zero-order chi connectivity index (χ0) is 18.2. The van der Waals surface area contributed by atoms with E-state index in [0.29, 0.717) is 17.2 Å². The molecule has 138 valence electrons. The van der Waals surface area contributed by atoms with Crippen molar-refractivity contribution in [3.05, 3.63) is 35.7 Å². The van der Waals surface area contributed by atoms with E-state index in [-0.39, 0.29) is 10.8 Å². The summed E-state index contributed by atoms with van der Waals surface area (Å²) in [7, 11) is -3.67. The molecule has 1 fully saturated rings. The minimum atomic E-state index is -3.67. The monoisotopic (exact) mass is 394 g/mol. The van der Waals surface area contributed by atoms with Gasteiger partial charge in [0, 0.05) is 24.6 Å². The Kier molecular flexibility index (Phi) is 4.37. The molecule has 7 nitrogen and oxygen atoms in total. The van der Waals surface area contributed by atoms with Gasteiger partial charge >= 0.3 is 0 Å². The van der Waals surface area contributed by atoms with E-state index in [9.17, 15) is 13.2 Å². The van der Waals surface area contributed by atoms with Gasteiger partial charge in [-0.25, -0.2) is 13.1 Å². The molecule has 1 aliphatic heterocycles. The minimum Gasteiger partial charge on any atom is -0.448 e. The number of ether oxygens (including phenoxy) is 2. The fraction of sp³-hybridized carbons (Fsp3) is 0.353. The number of fused-ring (bicyclic) bond motifs is 1. The third-order valence-electron chi connectivity index (χ3n) is 4.37. The third-order valence-corrected chi connectivity index (χ3v) is 7.17. The molecule has 2 heterocycles. The molecule has 1 spiro atoms. The fourth-order valence-electron chi connectivity index (χ4n) is 3.14. The normalized spacial score (nSPS) is 17.5. The Labute approximate surface area is 155 Å². The number of sulfonamides is 1. The second-order valence-corrected chi connectivity index (χ2v) is 9.23. The van der Waals surface area contributed by atoms with E-state index in [2.05, 4.69) is 10.0 Å². The Balaban J connectivity index is 1.37. The molecule has 0 radical (unpaired) electrons. The number of anilines is 1. The van der Waals surface area contributed by atoms with Crippen molar-refractivity contribution in [1.29, 1.82) is 0 Å². The van der Waals surface area contributed by atoms with Gasteiger partial charge in [-0.15, -0.1) is 11.3 Å². The van der Waals surface area contributed by atoms with Crippen LogP contribution in [0.5, 0.6) is 11.5 Å². The topological polar surface area (TPSA) is 93.7 Å². The standard InChI is InChI=1S/C17H18N2O5S2/c20-15(11-18-26(21,22)16-4-3-9-25-16)19-12-5-6-13-14(10-12)24-17(23-13)7-1-2-8-17/h3-6,9-10,18H,1-2,7-8,11H2,(H,19,20). The maximum absolute atomic E-state index is 12.1. The predicted octanol–water partition coefficient (Wildman–Crippen LogP) is 2.71. The van der Waals surface area contributed by atoms with Crippen LogP contribution >= 0.6 is 11.3 Å². The first kappa shape index (κ1) is 17.3. The summed E-state index contributed by atoms with van der Waals surface area (Å²) in [5.41, 5.74) is 0.530. The van der Waals surface area contributed by atoms with E-state index in [1.165, 1.54) is 6.07 Å². The van der Waals surface area contributed by atoms with Gasteiger partial charge in [-0.2, -0.15) is 0 Å². The van der Waals surface area contributed by atoms with Gasteiger partial charge in [0.15, 0.2) is 11.5 Å². The van der Waals surface area contributed by atoms with Crippen molar-refractivity contribution in [3.63, 3.8) is 0 Å². The number of hydrogen-bond acceptors (Lipinski definition) is 6. The first-order chi connectivity index (χ1) is 12.5. The molecule has 9 heteroatoms. The van der Waals surface area contributed by atoms with Crippen molar-refractivity contribution in [3.8, 4) is 11.5 Å². The molecule has 1 aliphatic carbocycles. The summed E-state index contributed by atoms with van der Waals surface area (Å²) in [4.78, 5) is 12.1. The van der Waals surface area contributed by atoms with Crippen LogP contribution in [0.15, 0.2) is 39.9 Å². The molecule has 4 rings (SSSR count). The molecule has 2 aliphatic rings. The second kappa shape index (κ2) is 6.57. The molecule has 0 unspecified atom stereocenters. The zero-order valence-electron chi connectivity index (χ0n) is 13.9. The van der Waals surface area contributed by atoms with Crippen molar-refractivity contribution in [1.82, 2.24) is 4.72 Å². The van der Waals surface area contributed by atoms with Gasteiger partial charge in [0.2, 0.25) is 5.91 Å². The first-order valence-corrected chi connectivity index (χ1v) is 10.7. The molecule has 0 saturated heterocycles. The second-order valence-electron chi connectivity index (χ2n) is 6.29. The van der Waals surface area contributed by atoms with E-state index in [1.54, 1.807) is 29.6 Å². The number of carbonyl (C=O) groups excluding carboxylic acids is 1. The van der Waals surface area contributed by atoms with Crippen molar-refractivity contribution in [2.75, 3.05) is 11.9 Å². The minimum absolute atomic E-state index is 0.176. The van der Waals surface area contributed by atoms with Crippen LogP contribution in [0.25, 0.3) is 0 Å². The van der Waals surface area contributed by atoms with E-state index < -0.39 is 21.7 Å². The van der Waals surface area contributed by atoms with Crippen LogP contribution in [0.2, 0.25) is 0 Å². The molecule has 0 bridgehead atoms. The molecule has 0 atom stereocenters. The Morgan fingerprint density at radius 3 is 2.65 bits per heavy atom. The molecule has 26 heavy (non-hydrogen) atoms. The highest BCUT2D eigenvalue weighted by molar-refractivity contribution is 7.91. The number of rotatable bonds is 5. The summed E-state index contributed by atoms with van der Waals surface area (Å²) in [6.45, 7) is -0.349.